The molecule has 0 amide bonds. The molecule has 8 heteroatoms. The molecule has 0 unspecified atom stereocenters. The number of hydrogen-bond donors (Lipinski definition) is 4. The van der Waals surface area contributed by atoms with Gasteiger partial charge in [0.2, 0.25) is 0 Å². The lowest BCUT2D eigenvalue weighted by atomic mass is 10.1. The number of benzene rings is 1. The van der Waals surface area contributed by atoms with Gasteiger partial charge in [0.25, 0.3) is 0 Å². The van der Waals surface area contributed by atoms with Crippen LogP contribution < -0.4 is 21.5 Å². The minimum atomic E-state index is 0.511. The summed E-state index contributed by atoms with van der Waals surface area (Å²) in [6, 6.07) is 7.78. The van der Waals surface area contributed by atoms with E-state index in [4.69, 9.17) is 36.0 Å². The summed E-state index contributed by atoms with van der Waals surface area (Å²) in [4.78, 5) is 2.14. The molecule has 128 valence electrons. The van der Waals surface area contributed by atoms with Gasteiger partial charge in [-0.05, 0) is 75.6 Å². The number of halogens is 1. The normalized spacial score (nSPS) is 10.3. The third-order valence-corrected chi connectivity index (χ3v) is 3.71. The average molecular weight is 374 g/mol. The molecule has 23 heavy (non-hydrogen) atoms. The molecule has 0 aliphatic rings. The van der Waals surface area contributed by atoms with Gasteiger partial charge in [0.15, 0.2) is 10.2 Å². The van der Waals surface area contributed by atoms with E-state index >= 15 is 0 Å². The van der Waals surface area contributed by atoms with Crippen LogP contribution in [0.5, 0.6) is 0 Å². The minimum Gasteiger partial charge on any atom is -0.361 e. The Morgan fingerprint density at radius 2 is 1.57 bits per heavy atom. The fourth-order valence-electron chi connectivity index (χ4n) is 1.77. The van der Waals surface area contributed by atoms with Crippen LogP contribution in [0, 0.1) is 0 Å². The van der Waals surface area contributed by atoms with Crippen LogP contribution in [-0.2, 0) is 6.42 Å². The van der Waals surface area contributed by atoms with Crippen molar-refractivity contribution < 1.29 is 0 Å². The van der Waals surface area contributed by atoms with Crippen LogP contribution in [0.25, 0.3) is 0 Å². The van der Waals surface area contributed by atoms with Crippen molar-refractivity contribution in [2.24, 2.45) is 0 Å². The Morgan fingerprint density at radius 1 is 1.00 bits per heavy atom. The van der Waals surface area contributed by atoms with Crippen molar-refractivity contribution in [2.75, 3.05) is 33.7 Å². The smallest absolute Gasteiger partial charge is 0.185 e. The van der Waals surface area contributed by atoms with Gasteiger partial charge >= 0.3 is 0 Å². The summed E-state index contributed by atoms with van der Waals surface area (Å²) >= 11 is 16.2. The Hall–Kier alpha value is -1.15. The highest BCUT2D eigenvalue weighted by atomic mass is 35.5. The molecule has 0 saturated carbocycles. The Kier molecular flexibility index (Phi) is 9.86. The third kappa shape index (κ3) is 10.3. The van der Waals surface area contributed by atoms with Gasteiger partial charge in [-0.25, -0.2) is 0 Å². The maximum absolute atomic E-state index is 5.85. The van der Waals surface area contributed by atoms with Crippen LogP contribution in [-0.4, -0.2) is 48.9 Å². The molecule has 0 radical (unpaired) electrons. The molecule has 0 heterocycles. The topological polar surface area (TPSA) is 51.4 Å². The zero-order valence-electron chi connectivity index (χ0n) is 13.5. The number of nitrogens with one attached hydrogen (secondary N) is 4. The van der Waals surface area contributed by atoms with Crippen molar-refractivity contribution in [1.29, 1.82) is 0 Å². The van der Waals surface area contributed by atoms with E-state index in [1.54, 1.807) is 0 Å². The Labute approximate surface area is 154 Å². The Morgan fingerprint density at radius 3 is 2.13 bits per heavy atom. The van der Waals surface area contributed by atoms with Crippen molar-refractivity contribution in [1.82, 2.24) is 26.4 Å². The van der Waals surface area contributed by atoms with Gasteiger partial charge in [-0.1, -0.05) is 23.7 Å². The van der Waals surface area contributed by atoms with Crippen molar-refractivity contribution in [3.63, 3.8) is 0 Å². The van der Waals surface area contributed by atoms with Crippen molar-refractivity contribution in [3.8, 4) is 0 Å². The number of thiocarbonyl (C=S) groups is 2. The molecule has 0 bridgehead atoms. The van der Waals surface area contributed by atoms with Crippen LogP contribution in [0.15, 0.2) is 24.3 Å². The van der Waals surface area contributed by atoms with E-state index in [1.165, 1.54) is 5.56 Å². The van der Waals surface area contributed by atoms with E-state index in [0.29, 0.717) is 10.2 Å². The molecule has 0 aliphatic heterocycles. The lowest BCUT2D eigenvalue weighted by molar-refractivity contribution is 0.400. The summed E-state index contributed by atoms with van der Waals surface area (Å²) in [6.45, 7) is 2.58. The molecule has 5 nitrogen and oxygen atoms in total. The molecule has 4 N–H and O–H groups in total. The van der Waals surface area contributed by atoms with Gasteiger partial charge in [-0.15, -0.1) is 0 Å². The maximum Gasteiger partial charge on any atom is 0.185 e. The molecular formula is C15H24ClN5S2. The summed E-state index contributed by atoms with van der Waals surface area (Å²) in [5.74, 6) is 0. The zero-order valence-corrected chi connectivity index (χ0v) is 15.9. The maximum atomic E-state index is 5.85. The fourth-order valence-corrected chi connectivity index (χ4v) is 2.20. The predicted molar refractivity (Wildman–Crippen MR) is 106 cm³/mol. The van der Waals surface area contributed by atoms with E-state index in [9.17, 15) is 0 Å². The van der Waals surface area contributed by atoms with Gasteiger partial charge in [0.05, 0.1) is 0 Å². The van der Waals surface area contributed by atoms with Gasteiger partial charge in [0, 0.05) is 18.1 Å². The van der Waals surface area contributed by atoms with E-state index in [-0.39, 0.29) is 0 Å². The van der Waals surface area contributed by atoms with Crippen molar-refractivity contribution >= 4 is 46.3 Å². The number of hydrazine groups is 1. The number of nitrogens with zero attached hydrogens (tertiary/aromatic N) is 1. The summed E-state index contributed by atoms with van der Waals surface area (Å²) in [6.07, 6.45) is 1.89. The van der Waals surface area contributed by atoms with E-state index < -0.39 is 0 Å². The van der Waals surface area contributed by atoms with Crippen molar-refractivity contribution in [2.45, 2.75) is 12.8 Å². The van der Waals surface area contributed by atoms with Gasteiger partial charge in [-0.3, -0.25) is 10.9 Å². The van der Waals surface area contributed by atoms with Crippen LogP contribution in [0.2, 0.25) is 5.02 Å². The first-order valence-corrected chi connectivity index (χ1v) is 8.63. The molecular weight excluding hydrogens is 350 g/mol. The molecule has 0 atom stereocenters. The number of rotatable bonds is 7. The summed E-state index contributed by atoms with van der Waals surface area (Å²) in [7, 11) is 4.10. The summed E-state index contributed by atoms with van der Waals surface area (Å²) in [5.41, 5.74) is 6.93. The molecule has 1 aromatic rings. The first-order valence-electron chi connectivity index (χ1n) is 7.44. The van der Waals surface area contributed by atoms with Crippen LogP contribution in [0.4, 0.5) is 0 Å². The minimum absolute atomic E-state index is 0.511. The first kappa shape index (κ1) is 19.9. The van der Waals surface area contributed by atoms with Gasteiger partial charge in [0.1, 0.15) is 0 Å². The SMILES string of the molecule is CN(C)CCCNC(=S)NNC(=S)NCCc1ccc(Cl)cc1. The molecule has 0 fully saturated rings. The first-order chi connectivity index (χ1) is 11.0. The molecule has 1 aromatic carbocycles. The van der Waals surface area contributed by atoms with E-state index in [0.717, 1.165) is 37.5 Å². The standard InChI is InChI=1S/C15H24ClN5S2/c1-21(2)11-3-9-17-14(22)19-20-15(23)18-10-8-12-4-6-13(16)7-5-12/h4-7H,3,8-11H2,1-2H3,(H2,17,19,22)(H2,18,20,23). The lowest BCUT2D eigenvalue weighted by Gasteiger charge is -2.15. The molecule has 0 saturated heterocycles. The quantitative estimate of drug-likeness (QED) is 0.329. The highest BCUT2D eigenvalue weighted by Crippen LogP contribution is 2.09. The fraction of sp³-hybridized carbons (Fsp3) is 0.467. The number of hydrogen-bond acceptors (Lipinski definition) is 3. The van der Waals surface area contributed by atoms with Crippen LogP contribution in [0.3, 0.4) is 0 Å². The Bertz CT molecular complexity index is 493. The second-order valence-electron chi connectivity index (χ2n) is 5.30. The van der Waals surface area contributed by atoms with E-state index in [1.807, 2.05) is 38.4 Å². The predicted octanol–water partition coefficient (Wildman–Crippen LogP) is 1.68. The lowest BCUT2D eigenvalue weighted by Crippen LogP contribution is -2.50. The van der Waals surface area contributed by atoms with Crippen LogP contribution >= 0.6 is 36.0 Å². The second-order valence-corrected chi connectivity index (χ2v) is 6.55. The monoisotopic (exact) mass is 373 g/mol. The zero-order chi connectivity index (χ0) is 17.1. The molecule has 1 rings (SSSR count). The van der Waals surface area contributed by atoms with Crippen LogP contribution in [0.1, 0.15) is 12.0 Å². The third-order valence-electron chi connectivity index (χ3n) is 2.97. The highest BCUT2D eigenvalue weighted by molar-refractivity contribution is 7.80. The largest absolute Gasteiger partial charge is 0.361 e. The highest BCUT2D eigenvalue weighted by Gasteiger charge is 1.99. The molecule has 0 spiro atoms. The van der Waals surface area contributed by atoms with Crippen molar-refractivity contribution in [3.05, 3.63) is 34.9 Å². The molecule has 0 aromatic heterocycles. The second kappa shape index (κ2) is 11.4. The van der Waals surface area contributed by atoms with Gasteiger partial charge < -0.3 is 15.5 Å². The molecule has 0 aliphatic carbocycles. The Balaban J connectivity index is 2.07. The van der Waals surface area contributed by atoms with E-state index in [2.05, 4.69) is 26.4 Å². The van der Waals surface area contributed by atoms with Gasteiger partial charge in [-0.2, -0.15) is 0 Å². The summed E-state index contributed by atoms with van der Waals surface area (Å²) in [5, 5.41) is 8.01. The summed E-state index contributed by atoms with van der Waals surface area (Å²) < 4.78 is 0. The average Bonchev–Trinajstić information content (AvgIpc) is 2.51.